The fourth-order valence-electron chi connectivity index (χ4n) is 13.9. The summed E-state index contributed by atoms with van der Waals surface area (Å²) in [4.78, 5) is 13.5. The zero-order valence-electron chi connectivity index (χ0n) is 60.6. The highest BCUT2D eigenvalue weighted by atomic mass is 16.8. The summed E-state index contributed by atoms with van der Waals surface area (Å²) < 4.78 is 34.5. The van der Waals surface area contributed by atoms with Crippen molar-refractivity contribution in [2.24, 2.45) is 0 Å². The number of ether oxygens (including phenoxy) is 6. The zero-order valence-corrected chi connectivity index (χ0v) is 60.6. The first-order valence-electron chi connectivity index (χ1n) is 39.9. The molecule has 0 aromatic heterocycles. The van der Waals surface area contributed by atoms with Crippen molar-refractivity contribution in [2.75, 3.05) is 26.4 Å². The van der Waals surface area contributed by atoms with Gasteiger partial charge in [-0.15, -0.1) is 0 Å². The molecule has 3 saturated heterocycles. The Kier molecular flexibility index (Phi) is 54.5. The Morgan fingerprint density at radius 3 is 0.979 bits per heavy atom. The van der Waals surface area contributed by atoms with Crippen molar-refractivity contribution in [3.8, 4) is 0 Å². The maximum Gasteiger partial charge on any atom is 0.220 e. The Morgan fingerprint density at radius 2 is 0.646 bits per heavy atom. The van der Waals surface area contributed by atoms with Crippen molar-refractivity contribution >= 4 is 5.91 Å². The van der Waals surface area contributed by atoms with Crippen LogP contribution in [0, 0.1) is 0 Å². The Morgan fingerprint density at radius 1 is 0.365 bits per heavy atom. The average molecular weight is 1380 g/mol. The molecule has 0 saturated carbocycles. The van der Waals surface area contributed by atoms with Gasteiger partial charge in [-0.25, -0.2) is 0 Å². The van der Waals surface area contributed by atoms with Crippen molar-refractivity contribution in [1.29, 1.82) is 0 Å². The lowest BCUT2D eigenvalue weighted by atomic mass is 9.96. The summed E-state index contributed by atoms with van der Waals surface area (Å²) in [6.07, 6.45) is 42.0. The monoisotopic (exact) mass is 1370 g/mol. The van der Waals surface area contributed by atoms with E-state index in [1.54, 1.807) is 6.08 Å². The Hall–Kier alpha value is -1.47. The van der Waals surface area contributed by atoms with E-state index in [2.05, 4.69) is 19.2 Å². The second-order valence-electron chi connectivity index (χ2n) is 28.9. The highest BCUT2D eigenvalue weighted by Crippen LogP contribution is 2.33. The Labute approximate surface area is 582 Å². The minimum Gasteiger partial charge on any atom is -0.394 e. The fourth-order valence-corrected chi connectivity index (χ4v) is 13.9. The topological polar surface area (TPSA) is 307 Å². The van der Waals surface area contributed by atoms with Crippen LogP contribution in [0.5, 0.6) is 0 Å². The van der Waals surface area contributed by atoms with Gasteiger partial charge in [-0.2, -0.15) is 0 Å². The van der Waals surface area contributed by atoms with E-state index in [0.29, 0.717) is 6.42 Å². The molecule has 0 bridgehead atoms. The van der Waals surface area contributed by atoms with Crippen LogP contribution in [0.4, 0.5) is 0 Å². The molecular formula is C77H147NO18. The van der Waals surface area contributed by atoms with Crippen molar-refractivity contribution in [3.63, 3.8) is 0 Å². The van der Waals surface area contributed by atoms with Crippen LogP contribution in [-0.2, 0) is 33.2 Å². The maximum absolute atomic E-state index is 13.5. The first kappa shape index (κ1) is 88.7. The number of amides is 1. The van der Waals surface area contributed by atoms with Gasteiger partial charge in [-0.05, 0) is 19.3 Å². The van der Waals surface area contributed by atoms with Crippen molar-refractivity contribution in [1.82, 2.24) is 5.32 Å². The van der Waals surface area contributed by atoms with E-state index in [1.807, 2.05) is 6.08 Å². The molecule has 3 heterocycles. The van der Waals surface area contributed by atoms with Crippen LogP contribution in [0.2, 0.25) is 0 Å². The number of nitrogens with one attached hydrogen (secondary N) is 1. The summed E-state index contributed by atoms with van der Waals surface area (Å²) >= 11 is 0. The number of unbranched alkanes of at least 4 members (excludes halogenated alkanes) is 48. The Bertz CT molecular complexity index is 1790. The number of hydrogen-bond acceptors (Lipinski definition) is 18. The highest BCUT2D eigenvalue weighted by molar-refractivity contribution is 5.76. The number of allylic oxidation sites excluding steroid dienone is 1. The first-order chi connectivity index (χ1) is 46.8. The van der Waals surface area contributed by atoms with E-state index in [9.17, 15) is 61.0 Å². The first-order valence-corrected chi connectivity index (χ1v) is 39.9. The quantitative estimate of drug-likeness (QED) is 0.0199. The molecule has 0 aromatic rings. The number of carbonyl (C=O) groups is 1. The lowest BCUT2D eigenvalue weighted by Crippen LogP contribution is -2.66. The predicted molar refractivity (Wildman–Crippen MR) is 379 cm³/mol. The second-order valence-corrected chi connectivity index (χ2v) is 28.9. The highest BCUT2D eigenvalue weighted by Gasteiger charge is 2.54. The van der Waals surface area contributed by atoms with Crippen molar-refractivity contribution < 1.29 is 89.4 Å². The Balaban J connectivity index is 1.39. The number of rotatable bonds is 64. The molecule has 3 rings (SSSR count). The molecule has 0 aromatic carbocycles. The van der Waals surface area contributed by atoms with Crippen LogP contribution in [0.25, 0.3) is 0 Å². The molecule has 19 nitrogen and oxygen atoms in total. The van der Waals surface area contributed by atoms with Gasteiger partial charge in [0.1, 0.15) is 73.2 Å². The minimum atomic E-state index is -1.98. The normalized spacial score (nSPS) is 27.0. The lowest BCUT2D eigenvalue weighted by molar-refractivity contribution is -0.379. The molecule has 0 spiro atoms. The number of hydrogen-bond donors (Lipinski definition) is 12. The summed E-state index contributed by atoms with van der Waals surface area (Å²) in [6, 6.07) is -0.970. The molecule has 3 fully saturated rings. The SMILES string of the molecule is CCCCCCCCCCCCCCCCCCCCCCCCCC/C=C/C(O)C(COC1OC(CO)C(OC2OC(CO)C(OC3OC(CO)C(O)C(O)C3O)C(O)C2O)C(O)C1O)NC(=O)CCCCCCCCCCCCCCCCCCCCCCCCCCC. The molecule has 96 heavy (non-hydrogen) atoms. The third-order valence-corrected chi connectivity index (χ3v) is 20.3. The number of aliphatic hydroxyl groups excluding tert-OH is 11. The van der Waals surface area contributed by atoms with Gasteiger partial charge in [-0.3, -0.25) is 4.79 Å². The molecule has 17 unspecified atom stereocenters. The van der Waals surface area contributed by atoms with E-state index >= 15 is 0 Å². The summed E-state index contributed by atoms with van der Waals surface area (Å²) in [5.41, 5.74) is 0. The van der Waals surface area contributed by atoms with E-state index in [-0.39, 0.29) is 18.9 Å². The van der Waals surface area contributed by atoms with Gasteiger partial charge in [0.25, 0.3) is 0 Å². The van der Waals surface area contributed by atoms with Crippen LogP contribution in [-0.4, -0.2) is 193 Å². The molecule has 0 aliphatic carbocycles. The van der Waals surface area contributed by atoms with Crippen LogP contribution >= 0.6 is 0 Å². The van der Waals surface area contributed by atoms with Crippen molar-refractivity contribution in [3.05, 3.63) is 12.2 Å². The standard InChI is InChI=1S/C77H147NO18/c1-3-5-7-9-11-13-15-17-19-21-23-25-27-29-31-32-34-36-38-40-42-44-46-48-50-52-54-61(82)60(78-65(83)55-53-51-49-47-45-43-41-39-37-35-33-30-28-26-24-22-20-18-16-14-12-10-8-6-4-2)59-91-75-71(89)68(86)73(63(57-80)93-75)96-77-72(90)69(87)74(64(58-81)94-77)95-76-70(88)67(85)66(84)62(56-79)92-76/h52,54,60-64,66-77,79-82,84-90H,3-51,53,55-59H2,1-2H3,(H,78,83)/b54-52+. The number of aliphatic hydroxyl groups is 11. The summed E-state index contributed by atoms with van der Waals surface area (Å²) in [5.74, 6) is -0.266. The van der Waals surface area contributed by atoms with Gasteiger partial charge in [0.2, 0.25) is 5.91 Å². The van der Waals surface area contributed by atoms with Gasteiger partial charge >= 0.3 is 0 Å². The van der Waals surface area contributed by atoms with Crippen LogP contribution in [0.1, 0.15) is 341 Å². The summed E-state index contributed by atoms with van der Waals surface area (Å²) in [7, 11) is 0. The third kappa shape index (κ3) is 39.3. The third-order valence-electron chi connectivity index (χ3n) is 20.3. The molecule has 0 radical (unpaired) electrons. The van der Waals surface area contributed by atoms with Gasteiger partial charge in [0, 0.05) is 6.42 Å². The minimum absolute atomic E-state index is 0.250. The molecular weight excluding hydrogens is 1230 g/mol. The molecule has 3 aliphatic heterocycles. The van der Waals surface area contributed by atoms with Crippen LogP contribution in [0.3, 0.4) is 0 Å². The molecule has 12 N–H and O–H groups in total. The average Bonchev–Trinajstić information content (AvgIpc) is 0.786. The van der Waals surface area contributed by atoms with Crippen LogP contribution < -0.4 is 5.32 Å². The molecule has 19 heteroatoms. The lowest BCUT2D eigenvalue weighted by Gasteiger charge is -2.48. The maximum atomic E-state index is 13.5. The predicted octanol–water partition coefficient (Wildman–Crippen LogP) is 12.8. The van der Waals surface area contributed by atoms with E-state index < -0.39 is 124 Å². The smallest absolute Gasteiger partial charge is 0.220 e. The molecule has 568 valence electrons. The summed E-state index contributed by atoms with van der Waals surface area (Å²) in [6.45, 7) is 1.80. The largest absolute Gasteiger partial charge is 0.394 e. The number of carbonyl (C=O) groups excluding carboxylic acids is 1. The summed E-state index contributed by atoms with van der Waals surface area (Å²) in [5, 5.41) is 121. The molecule has 17 atom stereocenters. The second kappa shape index (κ2) is 59.0. The fraction of sp³-hybridized carbons (Fsp3) is 0.961. The zero-order chi connectivity index (χ0) is 69.6. The van der Waals surface area contributed by atoms with Gasteiger partial charge < -0.3 is 89.9 Å². The van der Waals surface area contributed by atoms with E-state index in [0.717, 1.165) is 44.9 Å². The molecule has 1 amide bonds. The van der Waals surface area contributed by atoms with Gasteiger partial charge in [-0.1, -0.05) is 328 Å². The van der Waals surface area contributed by atoms with Crippen LogP contribution in [0.15, 0.2) is 12.2 Å². The van der Waals surface area contributed by atoms with Gasteiger partial charge in [0.15, 0.2) is 18.9 Å². The van der Waals surface area contributed by atoms with Gasteiger partial charge in [0.05, 0.1) is 38.6 Å². The van der Waals surface area contributed by atoms with E-state index in [1.165, 1.54) is 270 Å². The van der Waals surface area contributed by atoms with E-state index in [4.69, 9.17) is 28.4 Å². The molecule has 3 aliphatic rings. The van der Waals surface area contributed by atoms with Crippen molar-refractivity contribution in [2.45, 2.75) is 446 Å².